The maximum atomic E-state index is 11.9. The fourth-order valence-electron chi connectivity index (χ4n) is 2.06. The van der Waals surface area contributed by atoms with E-state index in [-0.39, 0.29) is 11.8 Å². The average Bonchev–Trinajstić information content (AvgIpc) is 3.11. The monoisotopic (exact) mass is 276 g/mol. The Morgan fingerprint density at radius 2 is 1.94 bits per heavy atom. The molecular weight excluding hydrogens is 248 g/mol. The van der Waals surface area contributed by atoms with Gasteiger partial charge in [-0.1, -0.05) is 26.7 Å². The third-order valence-electron chi connectivity index (χ3n) is 3.35. The average molecular weight is 276 g/mol. The van der Waals surface area contributed by atoms with Gasteiger partial charge in [0, 0.05) is 6.04 Å². The smallest absolute Gasteiger partial charge is 0.211 e. The van der Waals surface area contributed by atoms with Crippen molar-refractivity contribution >= 4 is 10.0 Å². The predicted molar refractivity (Wildman–Crippen MR) is 76.1 cm³/mol. The van der Waals surface area contributed by atoms with E-state index in [4.69, 9.17) is 0 Å². The molecular formula is C13H28N2O2S. The van der Waals surface area contributed by atoms with Gasteiger partial charge in [-0.2, -0.15) is 0 Å². The van der Waals surface area contributed by atoms with Gasteiger partial charge in [0.2, 0.25) is 10.0 Å². The molecule has 1 rings (SSSR count). The summed E-state index contributed by atoms with van der Waals surface area (Å²) in [5.74, 6) is 1.01. The first-order chi connectivity index (χ1) is 8.57. The molecule has 5 heteroatoms. The van der Waals surface area contributed by atoms with Crippen LogP contribution >= 0.6 is 0 Å². The Morgan fingerprint density at radius 1 is 1.22 bits per heavy atom. The lowest BCUT2D eigenvalue weighted by Gasteiger charge is -2.16. The summed E-state index contributed by atoms with van der Waals surface area (Å²) >= 11 is 0. The zero-order valence-electron chi connectivity index (χ0n) is 11.7. The first-order valence-corrected chi connectivity index (χ1v) is 8.93. The van der Waals surface area contributed by atoms with Crippen LogP contribution in [0.5, 0.6) is 0 Å². The van der Waals surface area contributed by atoms with Crippen LogP contribution in [0.15, 0.2) is 0 Å². The molecule has 1 saturated carbocycles. The summed E-state index contributed by atoms with van der Waals surface area (Å²) < 4.78 is 26.6. The summed E-state index contributed by atoms with van der Waals surface area (Å²) in [6.07, 6.45) is 6.24. The Morgan fingerprint density at radius 3 is 2.50 bits per heavy atom. The minimum absolute atomic E-state index is 0.145. The van der Waals surface area contributed by atoms with Crippen LogP contribution in [0.2, 0.25) is 0 Å². The van der Waals surface area contributed by atoms with Crippen molar-refractivity contribution in [2.75, 3.05) is 18.8 Å². The summed E-state index contributed by atoms with van der Waals surface area (Å²) in [6.45, 7) is 5.91. The third-order valence-corrected chi connectivity index (χ3v) is 4.87. The summed E-state index contributed by atoms with van der Waals surface area (Å²) in [7, 11) is -3.09. The van der Waals surface area contributed by atoms with Crippen LogP contribution in [-0.4, -0.2) is 33.3 Å². The van der Waals surface area contributed by atoms with Crippen LogP contribution in [0.1, 0.15) is 52.4 Å². The Kier molecular flexibility index (Phi) is 7.19. The maximum Gasteiger partial charge on any atom is 0.211 e. The van der Waals surface area contributed by atoms with Gasteiger partial charge >= 0.3 is 0 Å². The summed E-state index contributed by atoms with van der Waals surface area (Å²) in [5.41, 5.74) is 0. The molecule has 0 aromatic heterocycles. The molecule has 0 aromatic carbocycles. The topological polar surface area (TPSA) is 58.2 Å². The van der Waals surface area contributed by atoms with E-state index in [1.165, 1.54) is 12.8 Å². The second-order valence-corrected chi connectivity index (χ2v) is 7.20. The van der Waals surface area contributed by atoms with Gasteiger partial charge in [-0.3, -0.25) is 0 Å². The lowest BCUT2D eigenvalue weighted by atomic mass is 10.1. The second kappa shape index (κ2) is 8.12. The van der Waals surface area contributed by atoms with E-state index < -0.39 is 10.0 Å². The maximum absolute atomic E-state index is 11.9. The largest absolute Gasteiger partial charge is 0.317 e. The number of nitrogens with one attached hydrogen (secondary N) is 2. The molecule has 1 atom stereocenters. The van der Waals surface area contributed by atoms with Crippen molar-refractivity contribution < 1.29 is 8.42 Å². The minimum atomic E-state index is -3.09. The van der Waals surface area contributed by atoms with Gasteiger partial charge < -0.3 is 5.32 Å². The third kappa shape index (κ3) is 7.34. The van der Waals surface area contributed by atoms with E-state index in [1.54, 1.807) is 0 Å². The van der Waals surface area contributed by atoms with Gasteiger partial charge in [-0.05, 0) is 44.7 Å². The van der Waals surface area contributed by atoms with Gasteiger partial charge in [0.25, 0.3) is 0 Å². The van der Waals surface area contributed by atoms with Crippen molar-refractivity contribution in [3.05, 3.63) is 0 Å². The molecule has 108 valence electrons. The molecule has 1 aliphatic carbocycles. The molecule has 0 aromatic rings. The summed E-state index contributed by atoms with van der Waals surface area (Å²) in [5, 5.41) is 3.22. The van der Waals surface area contributed by atoms with Crippen LogP contribution in [0.25, 0.3) is 0 Å². The molecule has 1 aliphatic rings. The standard InChI is InChI=1S/C13H28N2O2S/c1-3-8-14-9-5-10-18(16,17)15-13(4-2)11-12-6-7-12/h12-15H,3-11H2,1-2H3. The number of sulfonamides is 1. The zero-order chi connectivity index (χ0) is 13.4. The van der Waals surface area contributed by atoms with Crippen LogP contribution in [0, 0.1) is 5.92 Å². The molecule has 0 saturated heterocycles. The molecule has 0 aliphatic heterocycles. The molecule has 18 heavy (non-hydrogen) atoms. The molecule has 1 unspecified atom stereocenters. The molecule has 0 spiro atoms. The molecule has 1 fully saturated rings. The highest BCUT2D eigenvalue weighted by Gasteiger charge is 2.26. The van der Waals surface area contributed by atoms with E-state index >= 15 is 0 Å². The lowest BCUT2D eigenvalue weighted by Crippen LogP contribution is -2.37. The minimum Gasteiger partial charge on any atom is -0.317 e. The van der Waals surface area contributed by atoms with Gasteiger partial charge in [-0.15, -0.1) is 0 Å². The Labute approximate surface area is 112 Å². The molecule has 4 nitrogen and oxygen atoms in total. The van der Waals surface area contributed by atoms with Crippen molar-refractivity contribution in [3.8, 4) is 0 Å². The Balaban J connectivity index is 2.19. The van der Waals surface area contributed by atoms with E-state index in [1.807, 2.05) is 0 Å². The van der Waals surface area contributed by atoms with E-state index in [0.717, 1.165) is 38.3 Å². The zero-order valence-corrected chi connectivity index (χ0v) is 12.6. The number of hydrogen-bond acceptors (Lipinski definition) is 3. The van der Waals surface area contributed by atoms with Crippen LogP contribution in [0.4, 0.5) is 0 Å². The number of rotatable bonds is 11. The van der Waals surface area contributed by atoms with Crippen molar-refractivity contribution in [3.63, 3.8) is 0 Å². The van der Waals surface area contributed by atoms with Crippen LogP contribution in [0.3, 0.4) is 0 Å². The van der Waals surface area contributed by atoms with Gasteiger partial charge in [-0.25, -0.2) is 13.1 Å². The van der Waals surface area contributed by atoms with Gasteiger partial charge in [0.05, 0.1) is 5.75 Å². The first-order valence-electron chi connectivity index (χ1n) is 7.28. The quantitative estimate of drug-likeness (QED) is 0.566. The van der Waals surface area contributed by atoms with E-state index in [0.29, 0.717) is 6.42 Å². The first kappa shape index (κ1) is 15.9. The van der Waals surface area contributed by atoms with Crippen molar-refractivity contribution in [2.45, 2.75) is 58.4 Å². The molecule has 0 bridgehead atoms. The Bertz CT molecular complexity index is 313. The Hall–Kier alpha value is -0.130. The predicted octanol–water partition coefficient (Wildman–Crippen LogP) is 1.87. The van der Waals surface area contributed by atoms with Gasteiger partial charge in [0.1, 0.15) is 0 Å². The molecule has 0 amide bonds. The number of hydrogen-bond donors (Lipinski definition) is 2. The molecule has 2 N–H and O–H groups in total. The summed E-state index contributed by atoms with van der Waals surface area (Å²) in [6, 6.07) is 0.145. The highest BCUT2D eigenvalue weighted by molar-refractivity contribution is 7.89. The normalized spacial score (nSPS) is 17.9. The fourth-order valence-corrected chi connectivity index (χ4v) is 3.47. The van der Waals surface area contributed by atoms with Crippen molar-refractivity contribution in [2.24, 2.45) is 5.92 Å². The van der Waals surface area contributed by atoms with Crippen molar-refractivity contribution in [1.29, 1.82) is 0 Å². The van der Waals surface area contributed by atoms with Crippen molar-refractivity contribution in [1.82, 2.24) is 10.0 Å². The van der Waals surface area contributed by atoms with Gasteiger partial charge in [0.15, 0.2) is 0 Å². The van der Waals surface area contributed by atoms with Crippen LogP contribution in [-0.2, 0) is 10.0 Å². The highest BCUT2D eigenvalue weighted by atomic mass is 32.2. The molecule has 0 radical (unpaired) electrons. The second-order valence-electron chi connectivity index (χ2n) is 5.32. The van der Waals surface area contributed by atoms with Crippen LogP contribution < -0.4 is 10.0 Å². The fraction of sp³-hybridized carbons (Fsp3) is 1.00. The molecule has 0 heterocycles. The highest BCUT2D eigenvalue weighted by Crippen LogP contribution is 2.34. The summed E-state index contributed by atoms with van der Waals surface area (Å²) in [4.78, 5) is 0. The van der Waals surface area contributed by atoms with E-state index in [2.05, 4.69) is 23.9 Å². The lowest BCUT2D eigenvalue weighted by molar-refractivity contribution is 0.494. The van der Waals surface area contributed by atoms with E-state index in [9.17, 15) is 8.42 Å². The SMILES string of the molecule is CCCNCCCS(=O)(=O)NC(CC)CC1CC1.